The lowest BCUT2D eigenvalue weighted by atomic mass is 10.2. The highest BCUT2D eigenvalue weighted by atomic mass is 79.9. The summed E-state index contributed by atoms with van der Waals surface area (Å²) in [5, 5.41) is 13.6. The van der Waals surface area contributed by atoms with Crippen LogP contribution in [0.2, 0.25) is 0 Å². The van der Waals surface area contributed by atoms with Crippen LogP contribution in [-0.4, -0.2) is 15.4 Å². The molecule has 1 heterocycles. The van der Waals surface area contributed by atoms with Gasteiger partial charge in [0.15, 0.2) is 0 Å². The Morgan fingerprint density at radius 1 is 1.43 bits per heavy atom. The van der Waals surface area contributed by atoms with Crippen LogP contribution in [0.25, 0.3) is 0 Å². The SMILES string of the molecule is CCn1cc([N+](=O)[O-])cc1C(=O)Nc1ccc(Br)c(C)c1. The van der Waals surface area contributed by atoms with Gasteiger partial charge in [-0.1, -0.05) is 15.9 Å². The van der Waals surface area contributed by atoms with E-state index in [1.807, 2.05) is 26.0 Å². The highest BCUT2D eigenvalue weighted by molar-refractivity contribution is 9.10. The Kier molecular flexibility index (Phi) is 4.42. The minimum atomic E-state index is -0.507. The zero-order chi connectivity index (χ0) is 15.6. The van der Waals surface area contributed by atoms with Gasteiger partial charge in [-0.15, -0.1) is 0 Å². The molecule has 0 aliphatic carbocycles. The highest BCUT2D eigenvalue weighted by Crippen LogP contribution is 2.22. The minimum Gasteiger partial charge on any atom is -0.337 e. The number of halogens is 1. The molecule has 1 aromatic carbocycles. The lowest BCUT2D eigenvalue weighted by Crippen LogP contribution is -2.16. The van der Waals surface area contributed by atoms with Crippen LogP contribution in [0.4, 0.5) is 11.4 Å². The third-order valence-corrected chi connectivity index (χ3v) is 3.97. The summed E-state index contributed by atoms with van der Waals surface area (Å²) in [5.41, 5.74) is 1.82. The van der Waals surface area contributed by atoms with Crippen molar-refractivity contribution in [3.63, 3.8) is 0 Å². The highest BCUT2D eigenvalue weighted by Gasteiger charge is 2.18. The maximum absolute atomic E-state index is 12.3. The van der Waals surface area contributed by atoms with E-state index in [9.17, 15) is 14.9 Å². The number of aryl methyl sites for hydroxylation is 2. The van der Waals surface area contributed by atoms with E-state index in [2.05, 4.69) is 21.2 Å². The molecule has 110 valence electrons. The summed E-state index contributed by atoms with van der Waals surface area (Å²) in [5.74, 6) is -0.369. The van der Waals surface area contributed by atoms with Gasteiger partial charge in [-0.05, 0) is 37.6 Å². The molecule has 2 rings (SSSR count). The Hall–Kier alpha value is -2.15. The molecule has 1 aromatic heterocycles. The van der Waals surface area contributed by atoms with Gasteiger partial charge in [0.05, 0.1) is 11.1 Å². The zero-order valence-corrected chi connectivity index (χ0v) is 13.2. The lowest BCUT2D eigenvalue weighted by molar-refractivity contribution is -0.384. The summed E-state index contributed by atoms with van der Waals surface area (Å²) >= 11 is 3.39. The standard InChI is InChI=1S/C14H14BrN3O3/c1-3-17-8-11(18(20)21)7-13(17)14(19)16-10-4-5-12(15)9(2)6-10/h4-8H,3H2,1-2H3,(H,16,19). The van der Waals surface area contributed by atoms with Crippen LogP contribution in [0.3, 0.4) is 0 Å². The molecular weight excluding hydrogens is 338 g/mol. The van der Waals surface area contributed by atoms with Gasteiger partial charge in [0, 0.05) is 22.8 Å². The molecule has 2 aromatic rings. The molecule has 0 saturated heterocycles. The first-order valence-corrected chi connectivity index (χ1v) is 7.13. The Morgan fingerprint density at radius 3 is 2.71 bits per heavy atom. The predicted octanol–water partition coefficient (Wildman–Crippen LogP) is 3.74. The number of carbonyl (C=O) groups excluding carboxylic acids is 1. The Balaban J connectivity index is 2.27. The quantitative estimate of drug-likeness (QED) is 0.673. The number of benzene rings is 1. The molecule has 0 fully saturated rings. The fourth-order valence-electron chi connectivity index (χ4n) is 1.96. The van der Waals surface area contributed by atoms with Crippen molar-refractivity contribution in [3.8, 4) is 0 Å². The summed E-state index contributed by atoms with van der Waals surface area (Å²) in [6.07, 6.45) is 1.36. The van der Waals surface area contributed by atoms with Gasteiger partial charge in [0.2, 0.25) is 0 Å². The minimum absolute atomic E-state index is 0.0889. The van der Waals surface area contributed by atoms with Gasteiger partial charge in [-0.3, -0.25) is 14.9 Å². The third kappa shape index (κ3) is 3.30. The van der Waals surface area contributed by atoms with Gasteiger partial charge in [-0.2, -0.15) is 0 Å². The topological polar surface area (TPSA) is 77.2 Å². The molecule has 0 atom stereocenters. The number of aromatic nitrogens is 1. The van der Waals surface area contributed by atoms with Crippen LogP contribution in [0.5, 0.6) is 0 Å². The monoisotopic (exact) mass is 351 g/mol. The number of anilines is 1. The molecule has 21 heavy (non-hydrogen) atoms. The summed E-state index contributed by atoms with van der Waals surface area (Å²) in [7, 11) is 0. The van der Waals surface area contributed by atoms with Crippen LogP contribution in [0.15, 0.2) is 34.9 Å². The molecule has 0 radical (unpaired) electrons. The molecule has 6 nitrogen and oxygen atoms in total. The Morgan fingerprint density at radius 2 is 2.14 bits per heavy atom. The maximum atomic E-state index is 12.3. The van der Waals surface area contributed by atoms with E-state index in [0.29, 0.717) is 12.2 Å². The first-order chi connectivity index (χ1) is 9.92. The Bertz CT molecular complexity index is 709. The number of nitrogens with one attached hydrogen (secondary N) is 1. The summed E-state index contributed by atoms with van der Waals surface area (Å²) < 4.78 is 2.51. The third-order valence-electron chi connectivity index (χ3n) is 3.08. The van der Waals surface area contributed by atoms with Crippen LogP contribution in [0.1, 0.15) is 23.0 Å². The van der Waals surface area contributed by atoms with E-state index in [1.165, 1.54) is 12.3 Å². The Labute approximate surface area is 130 Å². The van der Waals surface area contributed by atoms with Crippen molar-refractivity contribution in [3.05, 3.63) is 56.3 Å². The van der Waals surface area contributed by atoms with E-state index in [-0.39, 0.29) is 17.3 Å². The number of rotatable bonds is 4. The molecule has 1 amide bonds. The van der Waals surface area contributed by atoms with Gasteiger partial charge in [-0.25, -0.2) is 0 Å². The average Bonchev–Trinajstić information content (AvgIpc) is 2.87. The second-order valence-corrected chi connectivity index (χ2v) is 5.40. The van der Waals surface area contributed by atoms with Crippen LogP contribution in [0, 0.1) is 17.0 Å². The first kappa shape index (κ1) is 15.2. The number of hydrogen-bond donors (Lipinski definition) is 1. The molecular formula is C14H14BrN3O3. The van der Waals surface area contributed by atoms with Crippen molar-refractivity contribution in [1.82, 2.24) is 4.57 Å². The van der Waals surface area contributed by atoms with Crippen LogP contribution < -0.4 is 5.32 Å². The van der Waals surface area contributed by atoms with Crippen LogP contribution >= 0.6 is 15.9 Å². The summed E-state index contributed by atoms with van der Waals surface area (Å²) in [6, 6.07) is 6.72. The van der Waals surface area contributed by atoms with Gasteiger partial charge in [0.1, 0.15) is 5.69 Å². The number of nitrogens with zero attached hydrogens (tertiary/aromatic N) is 2. The summed E-state index contributed by atoms with van der Waals surface area (Å²) in [6.45, 7) is 4.22. The molecule has 0 unspecified atom stereocenters. The van der Waals surface area contributed by atoms with Gasteiger partial charge in [0.25, 0.3) is 11.6 Å². The van der Waals surface area contributed by atoms with E-state index < -0.39 is 4.92 Å². The average molecular weight is 352 g/mol. The van der Waals surface area contributed by atoms with Crippen LogP contribution in [-0.2, 0) is 6.54 Å². The van der Waals surface area contributed by atoms with Crippen molar-refractivity contribution in [2.24, 2.45) is 0 Å². The number of nitro groups is 1. The second kappa shape index (κ2) is 6.09. The van der Waals surface area contributed by atoms with E-state index in [1.54, 1.807) is 10.6 Å². The predicted molar refractivity (Wildman–Crippen MR) is 83.6 cm³/mol. The van der Waals surface area contributed by atoms with Crippen molar-refractivity contribution >= 4 is 33.2 Å². The summed E-state index contributed by atoms with van der Waals surface area (Å²) in [4.78, 5) is 22.6. The normalized spacial score (nSPS) is 10.4. The van der Waals surface area contributed by atoms with E-state index in [4.69, 9.17) is 0 Å². The van der Waals surface area contributed by atoms with Crippen molar-refractivity contribution in [1.29, 1.82) is 0 Å². The molecule has 0 spiro atoms. The van der Waals surface area contributed by atoms with Crippen molar-refractivity contribution in [2.45, 2.75) is 20.4 Å². The fourth-order valence-corrected chi connectivity index (χ4v) is 2.21. The van der Waals surface area contributed by atoms with Crippen molar-refractivity contribution in [2.75, 3.05) is 5.32 Å². The van der Waals surface area contributed by atoms with E-state index in [0.717, 1.165) is 10.0 Å². The maximum Gasteiger partial charge on any atom is 0.287 e. The van der Waals surface area contributed by atoms with Crippen molar-refractivity contribution < 1.29 is 9.72 Å². The molecule has 0 aliphatic rings. The number of amides is 1. The molecule has 0 saturated carbocycles. The number of hydrogen-bond acceptors (Lipinski definition) is 3. The smallest absolute Gasteiger partial charge is 0.287 e. The molecule has 1 N–H and O–H groups in total. The second-order valence-electron chi connectivity index (χ2n) is 4.54. The largest absolute Gasteiger partial charge is 0.337 e. The number of carbonyl (C=O) groups is 1. The molecule has 7 heteroatoms. The van der Waals surface area contributed by atoms with Gasteiger partial charge >= 0.3 is 0 Å². The lowest BCUT2D eigenvalue weighted by Gasteiger charge is -2.08. The zero-order valence-electron chi connectivity index (χ0n) is 11.6. The first-order valence-electron chi connectivity index (χ1n) is 6.34. The van der Waals surface area contributed by atoms with E-state index >= 15 is 0 Å². The van der Waals surface area contributed by atoms with Gasteiger partial charge < -0.3 is 9.88 Å². The molecule has 0 bridgehead atoms. The fraction of sp³-hybridized carbons (Fsp3) is 0.214. The molecule has 0 aliphatic heterocycles.